The highest BCUT2D eigenvalue weighted by atomic mass is 35.5. The molecule has 0 aliphatic heterocycles. The van der Waals surface area contributed by atoms with Crippen LogP contribution in [0, 0.1) is 18.6 Å². The Balaban J connectivity index is 2.16. The maximum Gasteiger partial charge on any atom is 0.341 e. The molecule has 0 N–H and O–H groups in total. The standard InChI is InChI=1S/C21H17ClF2N2O2/c1-3-28-21(27)18-12(2)25-20(19-15(23)5-4-6-16(19)24)26-17(18)11-13-7-9-14(22)10-8-13/h4-10H,3,11H2,1-2H3. The summed E-state index contributed by atoms with van der Waals surface area (Å²) in [6, 6.07) is 10.5. The summed E-state index contributed by atoms with van der Waals surface area (Å²) < 4.78 is 33.6. The summed E-state index contributed by atoms with van der Waals surface area (Å²) in [6.45, 7) is 3.46. The summed E-state index contributed by atoms with van der Waals surface area (Å²) in [4.78, 5) is 20.9. The summed E-state index contributed by atoms with van der Waals surface area (Å²) in [6.07, 6.45) is 0.248. The van der Waals surface area contributed by atoms with Gasteiger partial charge < -0.3 is 4.74 Å². The van der Waals surface area contributed by atoms with Gasteiger partial charge in [-0.3, -0.25) is 0 Å². The van der Waals surface area contributed by atoms with E-state index in [0.717, 1.165) is 17.7 Å². The quantitative estimate of drug-likeness (QED) is 0.554. The van der Waals surface area contributed by atoms with E-state index >= 15 is 0 Å². The third-order valence-electron chi connectivity index (χ3n) is 4.12. The molecule has 0 saturated carbocycles. The Labute approximate surface area is 166 Å². The Kier molecular flexibility index (Phi) is 5.99. The molecule has 1 aromatic heterocycles. The van der Waals surface area contributed by atoms with Crippen molar-refractivity contribution in [1.82, 2.24) is 9.97 Å². The van der Waals surface area contributed by atoms with Crippen LogP contribution in [0.3, 0.4) is 0 Å². The van der Waals surface area contributed by atoms with Gasteiger partial charge in [0.05, 0.1) is 23.6 Å². The van der Waals surface area contributed by atoms with Crippen molar-refractivity contribution >= 4 is 17.6 Å². The normalized spacial score (nSPS) is 10.8. The van der Waals surface area contributed by atoms with Crippen molar-refractivity contribution < 1.29 is 18.3 Å². The summed E-state index contributed by atoms with van der Waals surface area (Å²) >= 11 is 5.92. The van der Waals surface area contributed by atoms with Crippen LogP contribution in [-0.2, 0) is 11.2 Å². The first-order valence-corrected chi connectivity index (χ1v) is 9.02. The number of hydrogen-bond acceptors (Lipinski definition) is 4. The number of esters is 1. The Morgan fingerprint density at radius 3 is 2.32 bits per heavy atom. The van der Waals surface area contributed by atoms with Crippen LogP contribution in [0.4, 0.5) is 8.78 Å². The van der Waals surface area contributed by atoms with Crippen LogP contribution >= 0.6 is 11.6 Å². The molecule has 0 saturated heterocycles. The number of nitrogens with zero attached hydrogens (tertiary/aromatic N) is 2. The van der Waals surface area contributed by atoms with Crippen molar-refractivity contribution in [1.29, 1.82) is 0 Å². The molecule has 7 heteroatoms. The molecule has 0 aliphatic rings. The molecule has 0 aliphatic carbocycles. The summed E-state index contributed by atoms with van der Waals surface area (Å²) in [5.41, 5.74) is 1.30. The Morgan fingerprint density at radius 1 is 1.07 bits per heavy atom. The highest BCUT2D eigenvalue weighted by Gasteiger charge is 2.23. The molecule has 0 amide bonds. The van der Waals surface area contributed by atoms with Gasteiger partial charge in [-0.05, 0) is 43.7 Å². The summed E-state index contributed by atoms with van der Waals surface area (Å²) in [5.74, 6) is -2.25. The van der Waals surface area contributed by atoms with Gasteiger partial charge in [-0.2, -0.15) is 0 Å². The van der Waals surface area contributed by atoms with Gasteiger partial charge >= 0.3 is 5.97 Å². The number of rotatable bonds is 5. The van der Waals surface area contributed by atoms with Crippen molar-refractivity contribution in [2.45, 2.75) is 20.3 Å². The van der Waals surface area contributed by atoms with Crippen molar-refractivity contribution in [2.75, 3.05) is 6.61 Å². The van der Waals surface area contributed by atoms with Crippen LogP contribution in [0.15, 0.2) is 42.5 Å². The van der Waals surface area contributed by atoms with Gasteiger partial charge in [-0.25, -0.2) is 23.5 Å². The van der Waals surface area contributed by atoms with E-state index in [2.05, 4.69) is 9.97 Å². The maximum atomic E-state index is 14.2. The molecule has 2 aromatic carbocycles. The van der Waals surface area contributed by atoms with Crippen LogP contribution in [0.5, 0.6) is 0 Å². The van der Waals surface area contributed by atoms with Crippen molar-refractivity contribution in [3.8, 4) is 11.4 Å². The molecular weight excluding hydrogens is 386 g/mol. The van der Waals surface area contributed by atoms with Gasteiger partial charge in [0.1, 0.15) is 17.2 Å². The van der Waals surface area contributed by atoms with Gasteiger partial charge in [-0.15, -0.1) is 0 Å². The highest BCUT2D eigenvalue weighted by Crippen LogP contribution is 2.26. The lowest BCUT2D eigenvalue weighted by Crippen LogP contribution is -2.15. The largest absolute Gasteiger partial charge is 0.462 e. The molecule has 3 rings (SSSR count). The lowest BCUT2D eigenvalue weighted by molar-refractivity contribution is 0.0523. The van der Waals surface area contributed by atoms with E-state index in [0.29, 0.717) is 10.7 Å². The molecule has 0 atom stereocenters. The van der Waals surface area contributed by atoms with E-state index < -0.39 is 17.6 Å². The Hall–Kier alpha value is -2.86. The van der Waals surface area contributed by atoms with Crippen molar-refractivity contribution in [3.63, 3.8) is 0 Å². The minimum Gasteiger partial charge on any atom is -0.462 e. The van der Waals surface area contributed by atoms with E-state index in [-0.39, 0.29) is 35.7 Å². The molecule has 0 spiro atoms. The third kappa shape index (κ3) is 4.17. The average molecular weight is 403 g/mol. The molecule has 28 heavy (non-hydrogen) atoms. The van der Waals surface area contributed by atoms with Crippen LogP contribution in [0.2, 0.25) is 5.02 Å². The number of halogens is 3. The minimum absolute atomic E-state index is 0.120. The van der Waals surface area contributed by atoms with Gasteiger partial charge in [0.25, 0.3) is 0 Å². The van der Waals surface area contributed by atoms with E-state index in [1.54, 1.807) is 38.1 Å². The van der Waals surface area contributed by atoms with E-state index in [9.17, 15) is 13.6 Å². The van der Waals surface area contributed by atoms with Gasteiger partial charge in [0, 0.05) is 11.4 Å². The zero-order chi connectivity index (χ0) is 20.3. The number of hydrogen-bond donors (Lipinski definition) is 0. The number of aromatic nitrogens is 2. The number of ether oxygens (including phenoxy) is 1. The van der Waals surface area contributed by atoms with E-state index in [1.165, 1.54) is 6.07 Å². The van der Waals surface area contributed by atoms with Gasteiger partial charge in [0.15, 0.2) is 5.82 Å². The van der Waals surface area contributed by atoms with E-state index in [4.69, 9.17) is 16.3 Å². The second kappa shape index (κ2) is 8.44. The second-order valence-electron chi connectivity index (χ2n) is 6.07. The SMILES string of the molecule is CCOC(=O)c1c(C)nc(-c2c(F)cccc2F)nc1Cc1ccc(Cl)cc1. The fourth-order valence-electron chi connectivity index (χ4n) is 2.85. The first kappa shape index (κ1) is 19.9. The number of benzene rings is 2. The second-order valence-corrected chi connectivity index (χ2v) is 6.51. The van der Waals surface area contributed by atoms with Gasteiger partial charge in [-0.1, -0.05) is 29.8 Å². The lowest BCUT2D eigenvalue weighted by Gasteiger charge is -2.13. The van der Waals surface area contributed by atoms with E-state index in [1.807, 2.05) is 0 Å². The maximum absolute atomic E-state index is 14.2. The van der Waals surface area contributed by atoms with Crippen LogP contribution in [0.25, 0.3) is 11.4 Å². The molecule has 3 aromatic rings. The topological polar surface area (TPSA) is 52.1 Å². The molecule has 0 bridgehead atoms. The number of carbonyl (C=O) groups excluding carboxylic acids is 1. The number of aryl methyl sites for hydroxylation is 1. The summed E-state index contributed by atoms with van der Waals surface area (Å²) in [7, 11) is 0. The third-order valence-corrected chi connectivity index (χ3v) is 4.37. The van der Waals surface area contributed by atoms with Crippen LogP contribution in [-0.4, -0.2) is 22.5 Å². The zero-order valence-electron chi connectivity index (χ0n) is 15.3. The average Bonchev–Trinajstić information content (AvgIpc) is 2.63. The fourth-order valence-corrected chi connectivity index (χ4v) is 2.97. The highest BCUT2D eigenvalue weighted by molar-refractivity contribution is 6.30. The molecule has 0 fully saturated rings. The predicted octanol–water partition coefficient (Wildman–Crippen LogP) is 5.15. The molecule has 1 heterocycles. The molecule has 0 radical (unpaired) electrons. The van der Waals surface area contributed by atoms with Gasteiger partial charge in [0.2, 0.25) is 0 Å². The Bertz CT molecular complexity index is 1000. The predicted molar refractivity (Wildman–Crippen MR) is 102 cm³/mol. The fraction of sp³-hybridized carbons (Fsp3) is 0.190. The zero-order valence-corrected chi connectivity index (χ0v) is 16.1. The van der Waals surface area contributed by atoms with Crippen molar-refractivity contribution in [2.24, 2.45) is 0 Å². The van der Waals surface area contributed by atoms with Crippen LogP contribution < -0.4 is 0 Å². The first-order chi connectivity index (χ1) is 13.4. The molecule has 144 valence electrons. The number of carbonyl (C=O) groups is 1. The van der Waals surface area contributed by atoms with Crippen LogP contribution in [0.1, 0.15) is 34.2 Å². The lowest BCUT2D eigenvalue weighted by atomic mass is 10.0. The molecular formula is C21H17ClF2N2O2. The summed E-state index contributed by atoms with van der Waals surface area (Å²) in [5, 5.41) is 0.572. The minimum atomic E-state index is -0.777. The molecule has 0 unspecified atom stereocenters. The smallest absolute Gasteiger partial charge is 0.341 e. The van der Waals surface area contributed by atoms with Crippen molar-refractivity contribution in [3.05, 3.63) is 81.6 Å². The molecule has 4 nitrogen and oxygen atoms in total. The monoisotopic (exact) mass is 402 g/mol. The first-order valence-electron chi connectivity index (χ1n) is 8.64. The Morgan fingerprint density at radius 2 is 1.71 bits per heavy atom.